The van der Waals surface area contributed by atoms with E-state index in [0.717, 1.165) is 11.3 Å². The smallest absolute Gasteiger partial charge is 0.257 e. The van der Waals surface area contributed by atoms with E-state index in [1.54, 1.807) is 24.3 Å². The second-order valence-electron chi connectivity index (χ2n) is 5.72. The lowest BCUT2D eigenvalue weighted by Gasteiger charge is -2.14. The fraction of sp³-hybridized carbons (Fsp3) is 0.167. The first-order valence-electron chi connectivity index (χ1n) is 7.81. The highest BCUT2D eigenvalue weighted by Gasteiger charge is 2.14. The van der Waals surface area contributed by atoms with Crippen LogP contribution in [0.5, 0.6) is 0 Å². The molecule has 2 rings (SSSR count). The van der Waals surface area contributed by atoms with Crippen LogP contribution >= 0.6 is 0 Å². The molecule has 0 atom stereocenters. The number of hydrogen-bond acceptors (Lipinski definition) is 2. The summed E-state index contributed by atoms with van der Waals surface area (Å²) in [6, 6.07) is 14.5. The van der Waals surface area contributed by atoms with Crippen LogP contribution in [0.2, 0.25) is 0 Å². The molecule has 7 heteroatoms. The second kappa shape index (κ2) is 7.96. The van der Waals surface area contributed by atoms with Crippen LogP contribution in [0.1, 0.15) is 35.7 Å². The number of rotatable bonds is 4. The van der Waals surface area contributed by atoms with Crippen LogP contribution in [-0.4, -0.2) is 17.8 Å². The van der Waals surface area contributed by atoms with Crippen molar-refractivity contribution in [2.24, 2.45) is 27.2 Å². The van der Waals surface area contributed by atoms with Crippen LogP contribution in [0.25, 0.3) is 0 Å². The molecule has 0 aromatic heterocycles. The molecule has 1 amide bonds. The molecule has 7 N–H and O–H groups in total. The van der Waals surface area contributed by atoms with Crippen LogP contribution in [0, 0.1) is 0 Å². The third-order valence-corrected chi connectivity index (χ3v) is 3.46. The highest BCUT2D eigenvalue weighted by molar-refractivity contribution is 6.08. The number of aliphatic imine (C=N–C) groups is 2. The van der Waals surface area contributed by atoms with Crippen LogP contribution in [-0.2, 0) is 0 Å². The zero-order valence-corrected chi connectivity index (χ0v) is 14.2. The van der Waals surface area contributed by atoms with Gasteiger partial charge in [0.2, 0.25) is 5.96 Å². The van der Waals surface area contributed by atoms with Crippen LogP contribution < -0.4 is 22.5 Å². The Labute approximate surface area is 146 Å². The minimum absolute atomic E-state index is 0.122. The Balaban J connectivity index is 2.34. The van der Waals surface area contributed by atoms with E-state index < -0.39 is 0 Å². The van der Waals surface area contributed by atoms with Gasteiger partial charge >= 0.3 is 0 Å². The van der Waals surface area contributed by atoms with E-state index in [0.29, 0.717) is 11.3 Å². The number of benzene rings is 2. The molecule has 0 aliphatic rings. The number of hydrogen-bond donors (Lipinski definition) is 4. The standard InChI is InChI=1S/C18H22N6O/c1-11(2)12-7-3-5-9-14(12)22-16(25)13-8-4-6-10-15(13)23-18(21)24-17(19)20/h3-11H,1-2H3,(H,22,25)(H6,19,20,21,23,24). The predicted molar refractivity (Wildman–Crippen MR) is 102 cm³/mol. The third-order valence-electron chi connectivity index (χ3n) is 3.46. The topological polar surface area (TPSA) is 132 Å². The molecular weight excluding hydrogens is 316 g/mol. The van der Waals surface area contributed by atoms with Gasteiger partial charge in [0.1, 0.15) is 0 Å². The van der Waals surface area contributed by atoms with Gasteiger partial charge in [-0.3, -0.25) is 4.79 Å². The van der Waals surface area contributed by atoms with Crippen LogP contribution in [0.4, 0.5) is 11.4 Å². The van der Waals surface area contributed by atoms with Gasteiger partial charge in [-0.15, -0.1) is 0 Å². The maximum Gasteiger partial charge on any atom is 0.257 e. The Morgan fingerprint density at radius 2 is 1.64 bits per heavy atom. The number of nitrogens with one attached hydrogen (secondary N) is 1. The Morgan fingerprint density at radius 1 is 1.00 bits per heavy atom. The highest BCUT2D eigenvalue weighted by Crippen LogP contribution is 2.26. The van der Waals surface area contributed by atoms with Gasteiger partial charge in [-0.25, -0.2) is 4.99 Å². The Morgan fingerprint density at radius 3 is 2.32 bits per heavy atom. The zero-order chi connectivity index (χ0) is 18.4. The van der Waals surface area contributed by atoms with Crippen molar-refractivity contribution in [1.29, 1.82) is 0 Å². The SMILES string of the molecule is CC(C)c1ccccc1NC(=O)c1ccccc1N=C(N)N=C(N)N. The highest BCUT2D eigenvalue weighted by atomic mass is 16.1. The van der Waals surface area contributed by atoms with Gasteiger partial charge in [0.05, 0.1) is 11.3 Å². The summed E-state index contributed by atoms with van der Waals surface area (Å²) in [5.74, 6) is -0.330. The summed E-state index contributed by atoms with van der Waals surface area (Å²) >= 11 is 0. The minimum Gasteiger partial charge on any atom is -0.370 e. The van der Waals surface area contributed by atoms with Crippen molar-refractivity contribution >= 4 is 29.2 Å². The van der Waals surface area contributed by atoms with Crippen molar-refractivity contribution in [2.75, 3.05) is 5.32 Å². The molecule has 7 nitrogen and oxygen atoms in total. The van der Waals surface area contributed by atoms with Gasteiger partial charge < -0.3 is 22.5 Å². The summed E-state index contributed by atoms with van der Waals surface area (Å²) in [6.07, 6.45) is 0. The zero-order valence-electron chi connectivity index (χ0n) is 14.2. The summed E-state index contributed by atoms with van der Waals surface area (Å²) in [5, 5.41) is 2.93. The number of amides is 1. The molecule has 0 bridgehead atoms. The second-order valence-corrected chi connectivity index (χ2v) is 5.72. The number of guanidine groups is 2. The Kier molecular flexibility index (Phi) is 5.73. The Hall–Kier alpha value is -3.35. The van der Waals surface area contributed by atoms with Gasteiger partial charge in [0.15, 0.2) is 5.96 Å². The van der Waals surface area contributed by atoms with Gasteiger partial charge in [-0.1, -0.05) is 44.2 Å². The molecule has 0 aliphatic heterocycles. The molecule has 0 radical (unpaired) electrons. The van der Waals surface area contributed by atoms with Crippen molar-refractivity contribution in [3.05, 3.63) is 59.7 Å². The summed E-state index contributed by atoms with van der Waals surface area (Å²) < 4.78 is 0. The fourth-order valence-corrected chi connectivity index (χ4v) is 2.35. The lowest BCUT2D eigenvalue weighted by Crippen LogP contribution is -2.26. The summed E-state index contributed by atoms with van der Waals surface area (Å²) in [7, 11) is 0. The fourth-order valence-electron chi connectivity index (χ4n) is 2.35. The molecule has 2 aromatic rings. The third kappa shape index (κ3) is 4.81. The Bertz CT molecular complexity index is 822. The number of carbonyl (C=O) groups excluding carboxylic acids is 1. The van der Waals surface area contributed by atoms with Crippen molar-refractivity contribution in [3.63, 3.8) is 0 Å². The molecule has 0 fully saturated rings. The monoisotopic (exact) mass is 338 g/mol. The van der Waals surface area contributed by atoms with E-state index in [1.807, 2.05) is 24.3 Å². The van der Waals surface area contributed by atoms with Crippen molar-refractivity contribution < 1.29 is 4.79 Å². The number of para-hydroxylation sites is 2. The van der Waals surface area contributed by atoms with E-state index in [1.165, 1.54) is 0 Å². The molecule has 0 saturated carbocycles. The normalized spacial score (nSPS) is 11.2. The maximum atomic E-state index is 12.7. The average Bonchev–Trinajstić information content (AvgIpc) is 2.54. The molecule has 0 heterocycles. The number of nitrogens with zero attached hydrogens (tertiary/aromatic N) is 2. The number of nitrogens with two attached hydrogens (primary N) is 3. The van der Waals surface area contributed by atoms with E-state index in [2.05, 4.69) is 29.1 Å². The summed E-state index contributed by atoms with van der Waals surface area (Å²) in [5.41, 5.74) is 18.8. The first-order valence-corrected chi connectivity index (χ1v) is 7.81. The first kappa shape index (κ1) is 18.0. The lowest BCUT2D eigenvalue weighted by molar-refractivity contribution is 0.102. The molecule has 130 valence electrons. The number of anilines is 1. The van der Waals surface area contributed by atoms with E-state index in [4.69, 9.17) is 17.2 Å². The lowest BCUT2D eigenvalue weighted by atomic mass is 10.0. The molecule has 0 saturated heterocycles. The van der Waals surface area contributed by atoms with E-state index in [-0.39, 0.29) is 23.7 Å². The summed E-state index contributed by atoms with van der Waals surface area (Å²) in [4.78, 5) is 20.5. The van der Waals surface area contributed by atoms with E-state index in [9.17, 15) is 4.79 Å². The van der Waals surface area contributed by atoms with E-state index >= 15 is 0 Å². The number of carbonyl (C=O) groups is 1. The van der Waals surface area contributed by atoms with Crippen molar-refractivity contribution in [2.45, 2.75) is 19.8 Å². The predicted octanol–water partition coefficient (Wildman–Crippen LogP) is 2.28. The van der Waals surface area contributed by atoms with Gasteiger partial charge in [-0.2, -0.15) is 4.99 Å². The van der Waals surface area contributed by atoms with Gasteiger partial charge in [0, 0.05) is 5.69 Å². The first-order chi connectivity index (χ1) is 11.9. The minimum atomic E-state index is -0.287. The van der Waals surface area contributed by atoms with Crippen molar-refractivity contribution in [1.82, 2.24) is 0 Å². The molecule has 0 spiro atoms. The van der Waals surface area contributed by atoms with Gasteiger partial charge in [-0.05, 0) is 29.7 Å². The molecule has 0 unspecified atom stereocenters. The van der Waals surface area contributed by atoms with Gasteiger partial charge in [0.25, 0.3) is 5.91 Å². The molecule has 2 aromatic carbocycles. The largest absolute Gasteiger partial charge is 0.370 e. The quantitative estimate of drug-likeness (QED) is 0.503. The van der Waals surface area contributed by atoms with Crippen LogP contribution in [0.15, 0.2) is 58.5 Å². The van der Waals surface area contributed by atoms with Crippen molar-refractivity contribution in [3.8, 4) is 0 Å². The average molecular weight is 338 g/mol. The summed E-state index contributed by atoms with van der Waals surface area (Å²) in [6.45, 7) is 4.14. The maximum absolute atomic E-state index is 12.7. The molecular formula is C18H22N6O. The van der Waals surface area contributed by atoms with Crippen LogP contribution in [0.3, 0.4) is 0 Å². The molecule has 0 aliphatic carbocycles. The molecule has 25 heavy (non-hydrogen) atoms.